The summed E-state index contributed by atoms with van der Waals surface area (Å²) in [5.41, 5.74) is 1.58. The minimum Gasteiger partial charge on any atom is -0.477 e. The van der Waals surface area contributed by atoms with Crippen molar-refractivity contribution in [2.24, 2.45) is 0 Å². The predicted octanol–water partition coefficient (Wildman–Crippen LogP) is 2.13. The van der Waals surface area contributed by atoms with Gasteiger partial charge in [0, 0.05) is 26.6 Å². The van der Waals surface area contributed by atoms with Crippen LogP contribution in [0.2, 0.25) is 0 Å². The standard InChI is InChI=1S/C23H26FN3O4/c1-16(28)27-15-22(31-21-5-3-2-4-19(21)27)23(29)25-14-20(26-10-12-30-13-11-26)17-6-8-18(24)9-7-17/h2-9,20,22H,10-15H2,1H3,(H,25,29)/t20-,22-/m1/s1. The van der Waals surface area contributed by atoms with Crippen LogP contribution in [0.25, 0.3) is 0 Å². The number of ether oxygens (including phenoxy) is 2. The highest BCUT2D eigenvalue weighted by Gasteiger charge is 2.33. The summed E-state index contributed by atoms with van der Waals surface area (Å²) < 4.78 is 24.8. The van der Waals surface area contributed by atoms with Crippen molar-refractivity contribution in [3.63, 3.8) is 0 Å². The van der Waals surface area contributed by atoms with Crippen LogP contribution in [0.3, 0.4) is 0 Å². The van der Waals surface area contributed by atoms with E-state index in [9.17, 15) is 14.0 Å². The van der Waals surface area contributed by atoms with Gasteiger partial charge in [0.1, 0.15) is 11.6 Å². The molecule has 8 heteroatoms. The first-order valence-corrected chi connectivity index (χ1v) is 10.4. The maximum absolute atomic E-state index is 13.4. The fourth-order valence-electron chi connectivity index (χ4n) is 4.01. The van der Waals surface area contributed by atoms with Crippen molar-refractivity contribution in [2.75, 3.05) is 44.3 Å². The van der Waals surface area contributed by atoms with Crippen LogP contribution >= 0.6 is 0 Å². The minimum atomic E-state index is -0.808. The first-order chi connectivity index (χ1) is 15.0. The van der Waals surface area contributed by atoms with E-state index < -0.39 is 6.10 Å². The third-order valence-corrected chi connectivity index (χ3v) is 5.66. The molecule has 0 unspecified atom stereocenters. The third-order valence-electron chi connectivity index (χ3n) is 5.66. The van der Waals surface area contributed by atoms with E-state index in [0.717, 1.165) is 18.7 Å². The van der Waals surface area contributed by atoms with Gasteiger partial charge in [-0.25, -0.2) is 4.39 Å². The van der Waals surface area contributed by atoms with E-state index >= 15 is 0 Å². The molecule has 0 saturated carbocycles. The van der Waals surface area contributed by atoms with Crippen LogP contribution in [0, 0.1) is 5.82 Å². The molecule has 2 aromatic rings. The number of amides is 2. The van der Waals surface area contributed by atoms with Crippen molar-refractivity contribution in [1.82, 2.24) is 10.2 Å². The quantitative estimate of drug-likeness (QED) is 0.792. The zero-order chi connectivity index (χ0) is 21.8. The molecule has 0 spiro atoms. The molecule has 2 heterocycles. The highest BCUT2D eigenvalue weighted by atomic mass is 19.1. The fourth-order valence-corrected chi connectivity index (χ4v) is 4.01. The molecular formula is C23H26FN3O4. The van der Waals surface area contributed by atoms with Crippen molar-refractivity contribution in [2.45, 2.75) is 19.1 Å². The maximum Gasteiger partial charge on any atom is 0.263 e. The predicted molar refractivity (Wildman–Crippen MR) is 113 cm³/mol. The molecule has 4 rings (SSSR count). The van der Waals surface area contributed by atoms with Crippen LogP contribution in [0.1, 0.15) is 18.5 Å². The van der Waals surface area contributed by atoms with Gasteiger partial charge >= 0.3 is 0 Å². The Morgan fingerprint density at radius 1 is 1.13 bits per heavy atom. The number of fused-ring (bicyclic) bond motifs is 1. The van der Waals surface area contributed by atoms with E-state index in [1.807, 2.05) is 6.07 Å². The van der Waals surface area contributed by atoms with Crippen LogP contribution in [-0.2, 0) is 14.3 Å². The number of morpholine rings is 1. The van der Waals surface area contributed by atoms with Crippen LogP contribution in [-0.4, -0.2) is 62.2 Å². The van der Waals surface area contributed by atoms with Crippen molar-refractivity contribution >= 4 is 17.5 Å². The van der Waals surface area contributed by atoms with Gasteiger partial charge in [0.2, 0.25) is 5.91 Å². The zero-order valence-electron chi connectivity index (χ0n) is 17.4. The topological polar surface area (TPSA) is 71.1 Å². The molecule has 164 valence electrons. The summed E-state index contributed by atoms with van der Waals surface area (Å²) in [5.74, 6) is -0.230. The number of hydrogen-bond acceptors (Lipinski definition) is 5. The van der Waals surface area contributed by atoms with Crippen molar-refractivity contribution in [3.8, 4) is 5.75 Å². The fraction of sp³-hybridized carbons (Fsp3) is 0.391. The average molecular weight is 427 g/mol. The van der Waals surface area contributed by atoms with Crippen molar-refractivity contribution < 1.29 is 23.5 Å². The number of carbonyl (C=O) groups excluding carboxylic acids is 2. The lowest BCUT2D eigenvalue weighted by Crippen LogP contribution is -2.52. The molecule has 1 N–H and O–H groups in total. The lowest BCUT2D eigenvalue weighted by atomic mass is 10.0. The highest BCUT2D eigenvalue weighted by Crippen LogP contribution is 2.33. The van der Waals surface area contributed by atoms with Gasteiger partial charge in [-0.2, -0.15) is 0 Å². The molecule has 31 heavy (non-hydrogen) atoms. The summed E-state index contributed by atoms with van der Waals surface area (Å²) in [5, 5.41) is 2.98. The van der Waals surface area contributed by atoms with E-state index in [2.05, 4.69) is 10.2 Å². The summed E-state index contributed by atoms with van der Waals surface area (Å²) in [6.07, 6.45) is -0.808. The molecule has 0 aromatic heterocycles. The largest absolute Gasteiger partial charge is 0.477 e. The first-order valence-electron chi connectivity index (χ1n) is 10.4. The van der Waals surface area contributed by atoms with Gasteiger partial charge in [0.05, 0.1) is 31.5 Å². The van der Waals surface area contributed by atoms with E-state index in [1.165, 1.54) is 19.1 Å². The normalized spacial score (nSPS) is 19.8. The van der Waals surface area contributed by atoms with E-state index in [-0.39, 0.29) is 30.2 Å². The Balaban J connectivity index is 1.47. The summed E-state index contributed by atoms with van der Waals surface area (Å²) in [7, 11) is 0. The Kier molecular flexibility index (Phi) is 6.48. The zero-order valence-corrected chi connectivity index (χ0v) is 17.4. The molecule has 0 radical (unpaired) electrons. The highest BCUT2D eigenvalue weighted by molar-refractivity contribution is 5.95. The van der Waals surface area contributed by atoms with Crippen LogP contribution in [0.15, 0.2) is 48.5 Å². The van der Waals surface area contributed by atoms with E-state index in [1.54, 1.807) is 35.2 Å². The minimum absolute atomic E-state index is 0.117. The number of rotatable bonds is 5. The smallest absolute Gasteiger partial charge is 0.263 e. The number of anilines is 1. The molecule has 2 atom stereocenters. The van der Waals surface area contributed by atoms with E-state index in [0.29, 0.717) is 31.2 Å². The second-order valence-corrected chi connectivity index (χ2v) is 7.66. The number of nitrogens with one attached hydrogen (secondary N) is 1. The molecule has 0 aliphatic carbocycles. The summed E-state index contributed by atoms with van der Waals surface area (Å²) in [4.78, 5) is 28.9. The lowest BCUT2D eigenvalue weighted by molar-refractivity contribution is -0.128. The lowest BCUT2D eigenvalue weighted by Gasteiger charge is -2.36. The third kappa shape index (κ3) is 4.86. The van der Waals surface area contributed by atoms with E-state index in [4.69, 9.17) is 9.47 Å². The Labute approximate surface area is 180 Å². The Hall–Kier alpha value is -2.97. The number of benzene rings is 2. The van der Waals surface area contributed by atoms with Gasteiger partial charge in [-0.1, -0.05) is 24.3 Å². The second kappa shape index (κ2) is 9.45. The van der Waals surface area contributed by atoms with Gasteiger partial charge in [-0.15, -0.1) is 0 Å². The second-order valence-electron chi connectivity index (χ2n) is 7.66. The van der Waals surface area contributed by atoms with Crippen LogP contribution in [0.5, 0.6) is 5.75 Å². The van der Waals surface area contributed by atoms with Gasteiger partial charge in [0.15, 0.2) is 6.10 Å². The Morgan fingerprint density at radius 2 is 1.84 bits per heavy atom. The molecule has 7 nitrogen and oxygen atoms in total. The molecule has 0 bridgehead atoms. The monoisotopic (exact) mass is 427 g/mol. The Bertz CT molecular complexity index is 931. The van der Waals surface area contributed by atoms with Gasteiger partial charge < -0.3 is 19.7 Å². The summed E-state index contributed by atoms with van der Waals surface area (Å²) in [6, 6.07) is 13.4. The molecule has 2 amide bonds. The maximum atomic E-state index is 13.4. The van der Waals surface area contributed by atoms with Gasteiger partial charge in [-0.3, -0.25) is 14.5 Å². The van der Waals surface area contributed by atoms with Crippen LogP contribution in [0.4, 0.5) is 10.1 Å². The molecular weight excluding hydrogens is 401 g/mol. The molecule has 2 aromatic carbocycles. The van der Waals surface area contributed by atoms with Crippen LogP contribution < -0.4 is 15.0 Å². The van der Waals surface area contributed by atoms with Crippen molar-refractivity contribution in [3.05, 3.63) is 59.9 Å². The molecule has 1 saturated heterocycles. The van der Waals surface area contributed by atoms with Gasteiger partial charge in [0.25, 0.3) is 5.91 Å². The summed E-state index contributed by atoms with van der Waals surface area (Å²) in [6.45, 7) is 4.64. The first kappa shape index (κ1) is 21.3. The SMILES string of the molecule is CC(=O)N1C[C@H](C(=O)NC[C@H](c2ccc(F)cc2)N2CCOCC2)Oc2ccccc21. The number of nitrogens with zero attached hydrogens (tertiary/aromatic N) is 2. The summed E-state index contributed by atoms with van der Waals surface area (Å²) >= 11 is 0. The number of carbonyl (C=O) groups is 2. The Morgan fingerprint density at radius 3 is 2.55 bits per heavy atom. The molecule has 2 aliphatic rings. The number of para-hydroxylation sites is 2. The average Bonchev–Trinajstić information content (AvgIpc) is 2.80. The number of halogens is 1. The molecule has 2 aliphatic heterocycles. The number of hydrogen-bond donors (Lipinski definition) is 1. The van der Waals surface area contributed by atoms with Crippen molar-refractivity contribution in [1.29, 1.82) is 0 Å². The van der Waals surface area contributed by atoms with Gasteiger partial charge in [-0.05, 0) is 29.8 Å². The molecule has 1 fully saturated rings.